The van der Waals surface area contributed by atoms with Crippen LogP contribution in [0, 0.1) is 0 Å². The normalized spacial score (nSPS) is 10.4. The van der Waals surface area contributed by atoms with Gasteiger partial charge in [-0.15, -0.1) is 0 Å². The van der Waals surface area contributed by atoms with E-state index >= 15 is 0 Å². The van der Waals surface area contributed by atoms with Crippen LogP contribution in [0.25, 0.3) is 20.8 Å². The Morgan fingerprint density at radius 1 is 1.09 bits per heavy atom. The molecule has 0 aliphatic heterocycles. The van der Waals surface area contributed by atoms with Crippen molar-refractivity contribution in [3.8, 4) is 16.3 Å². The van der Waals surface area contributed by atoms with Crippen LogP contribution in [0.4, 0.5) is 5.69 Å². The van der Waals surface area contributed by atoms with E-state index in [0.29, 0.717) is 6.61 Å². The predicted molar refractivity (Wildman–Crippen MR) is 93.9 cm³/mol. The summed E-state index contributed by atoms with van der Waals surface area (Å²) in [6.45, 7) is 2.71. The van der Waals surface area contributed by atoms with E-state index < -0.39 is 0 Å². The maximum Gasteiger partial charge on any atom is 0.269 e. The number of anilines is 1. The van der Waals surface area contributed by atoms with Crippen LogP contribution < -0.4 is 26.6 Å². The fourth-order valence-electron chi connectivity index (χ4n) is 2.55. The third-order valence-electron chi connectivity index (χ3n) is 3.75. The second-order valence-electron chi connectivity index (χ2n) is 5.47. The number of hydrogen-bond donors (Lipinski definition) is 0. The average Bonchev–Trinajstić information content (AvgIpc) is 2.84. The third kappa shape index (κ3) is 3.43. The van der Waals surface area contributed by atoms with Crippen molar-refractivity contribution in [3.63, 3.8) is 0 Å². The van der Waals surface area contributed by atoms with Gasteiger partial charge in [0.05, 0.1) is 12.2 Å². The number of thiazole rings is 1. The highest BCUT2D eigenvalue weighted by Crippen LogP contribution is 2.31. The summed E-state index contributed by atoms with van der Waals surface area (Å²) in [5.41, 5.74) is 3.69. The Bertz CT molecular complexity index is 797. The molecule has 0 aliphatic rings. The third-order valence-corrected chi connectivity index (χ3v) is 5.00. The van der Waals surface area contributed by atoms with Crippen LogP contribution >= 0.6 is 11.3 Å². The van der Waals surface area contributed by atoms with Crippen molar-refractivity contribution in [1.82, 2.24) is 0 Å². The van der Waals surface area contributed by atoms with Gasteiger partial charge < -0.3 is 22.0 Å². The summed E-state index contributed by atoms with van der Waals surface area (Å²) in [5, 5.41) is 1.26. The summed E-state index contributed by atoms with van der Waals surface area (Å²) in [5.74, 6) is 0.936. The fraction of sp³-hybridized carbons (Fsp3) is 0.278. The Morgan fingerprint density at radius 3 is 2.39 bits per heavy atom. The van der Waals surface area contributed by atoms with Crippen molar-refractivity contribution in [3.05, 3.63) is 42.5 Å². The minimum Gasteiger partial charge on any atom is -1.00 e. The van der Waals surface area contributed by atoms with E-state index in [2.05, 4.69) is 67.0 Å². The van der Waals surface area contributed by atoms with Crippen LogP contribution in [0.5, 0.6) is 5.75 Å². The Labute approximate surface area is 147 Å². The van der Waals surface area contributed by atoms with E-state index in [1.807, 2.05) is 13.0 Å². The van der Waals surface area contributed by atoms with E-state index in [-0.39, 0.29) is 12.4 Å². The number of ether oxygens (including phenoxy) is 1. The molecule has 0 radical (unpaired) electrons. The Hall–Kier alpha value is -1.78. The van der Waals surface area contributed by atoms with Crippen molar-refractivity contribution < 1.29 is 21.7 Å². The van der Waals surface area contributed by atoms with Crippen LogP contribution in [0.15, 0.2) is 42.5 Å². The smallest absolute Gasteiger partial charge is 0.269 e. The zero-order valence-electron chi connectivity index (χ0n) is 13.8. The summed E-state index contributed by atoms with van der Waals surface area (Å²) in [6, 6.07) is 15.0. The van der Waals surface area contributed by atoms with Gasteiger partial charge in [0, 0.05) is 31.9 Å². The highest BCUT2D eigenvalue weighted by atomic mass is 35.5. The van der Waals surface area contributed by atoms with Crippen molar-refractivity contribution in [2.45, 2.75) is 6.92 Å². The second kappa shape index (κ2) is 7.20. The molecular formula is C18H21ClN2OS. The van der Waals surface area contributed by atoms with Crippen molar-refractivity contribution in [1.29, 1.82) is 0 Å². The average molecular weight is 349 g/mol. The maximum absolute atomic E-state index is 5.60. The summed E-state index contributed by atoms with van der Waals surface area (Å²) in [4.78, 5) is 2.11. The van der Waals surface area contributed by atoms with Crippen LogP contribution in [-0.4, -0.2) is 20.7 Å². The monoisotopic (exact) mass is 348 g/mol. The number of aryl methyl sites for hydroxylation is 1. The van der Waals surface area contributed by atoms with Crippen molar-refractivity contribution in [2.75, 3.05) is 25.6 Å². The Kier molecular flexibility index (Phi) is 5.50. The Balaban J connectivity index is 0.00000192. The number of halogens is 1. The zero-order valence-corrected chi connectivity index (χ0v) is 15.4. The predicted octanol–water partition coefficient (Wildman–Crippen LogP) is 0.862. The first-order chi connectivity index (χ1) is 10.6. The van der Waals surface area contributed by atoms with Crippen LogP contribution in [0.3, 0.4) is 0 Å². The number of hydrogen-bond acceptors (Lipinski definition) is 3. The van der Waals surface area contributed by atoms with E-state index in [0.717, 1.165) is 5.75 Å². The molecule has 0 saturated heterocycles. The molecule has 5 heteroatoms. The lowest BCUT2D eigenvalue weighted by Gasteiger charge is -2.11. The van der Waals surface area contributed by atoms with Gasteiger partial charge in [-0.25, -0.2) is 0 Å². The number of benzene rings is 2. The van der Waals surface area contributed by atoms with Gasteiger partial charge in [-0.05, 0) is 37.3 Å². The SMILES string of the molecule is CCOc1ccc2c(c1)sc(-c1ccc(N(C)C)cc1)[n+]2C.[Cl-]. The number of nitrogens with zero attached hydrogens (tertiary/aromatic N) is 2. The molecule has 1 aromatic heterocycles. The van der Waals surface area contributed by atoms with E-state index in [9.17, 15) is 0 Å². The minimum absolute atomic E-state index is 0. The van der Waals surface area contributed by atoms with Crippen molar-refractivity contribution in [2.24, 2.45) is 7.05 Å². The van der Waals surface area contributed by atoms with Crippen LogP contribution in [-0.2, 0) is 7.05 Å². The molecule has 0 spiro atoms. The largest absolute Gasteiger partial charge is 1.00 e. The summed E-state index contributed by atoms with van der Waals surface area (Å²) >= 11 is 1.80. The summed E-state index contributed by atoms with van der Waals surface area (Å²) in [7, 11) is 6.24. The van der Waals surface area contributed by atoms with Gasteiger partial charge in [0.25, 0.3) is 5.01 Å². The van der Waals surface area contributed by atoms with E-state index in [4.69, 9.17) is 4.74 Å². The molecule has 1 heterocycles. The quantitative estimate of drug-likeness (QED) is 0.650. The first-order valence-electron chi connectivity index (χ1n) is 7.43. The maximum atomic E-state index is 5.60. The van der Waals surface area contributed by atoms with Gasteiger partial charge in [0.15, 0.2) is 0 Å². The van der Waals surface area contributed by atoms with Gasteiger partial charge in [-0.2, -0.15) is 4.57 Å². The highest BCUT2D eigenvalue weighted by Gasteiger charge is 2.19. The standard InChI is InChI=1S/C18H21N2OS.ClH/c1-5-21-15-10-11-16-17(12-15)22-18(20(16)4)13-6-8-14(9-7-13)19(2)3;/h6-12H,5H2,1-4H3;1H/q+1;/p-1. The molecule has 2 aromatic carbocycles. The molecule has 0 aliphatic carbocycles. The number of aromatic nitrogens is 1. The molecular weight excluding hydrogens is 328 g/mol. The van der Waals surface area contributed by atoms with Crippen molar-refractivity contribution >= 4 is 27.2 Å². The molecule has 0 atom stereocenters. The molecule has 122 valence electrons. The second-order valence-corrected chi connectivity index (χ2v) is 6.50. The summed E-state index contributed by atoms with van der Waals surface area (Å²) in [6.07, 6.45) is 0. The van der Waals surface area contributed by atoms with Gasteiger partial charge in [0.2, 0.25) is 5.52 Å². The number of rotatable bonds is 4. The van der Waals surface area contributed by atoms with Gasteiger partial charge in [-0.1, -0.05) is 11.3 Å². The molecule has 0 amide bonds. The molecule has 0 saturated carbocycles. The first-order valence-corrected chi connectivity index (χ1v) is 8.25. The molecule has 0 unspecified atom stereocenters. The first kappa shape index (κ1) is 17.6. The fourth-order valence-corrected chi connectivity index (χ4v) is 3.73. The lowest BCUT2D eigenvalue weighted by Crippen LogP contribution is -3.00. The summed E-state index contributed by atoms with van der Waals surface area (Å²) < 4.78 is 9.10. The number of fused-ring (bicyclic) bond motifs is 1. The zero-order chi connectivity index (χ0) is 15.7. The van der Waals surface area contributed by atoms with E-state index in [1.165, 1.54) is 26.5 Å². The highest BCUT2D eigenvalue weighted by molar-refractivity contribution is 7.21. The van der Waals surface area contributed by atoms with Crippen LogP contribution in [0.1, 0.15) is 6.92 Å². The molecule has 0 N–H and O–H groups in total. The van der Waals surface area contributed by atoms with Gasteiger partial charge in [-0.3, -0.25) is 0 Å². The Morgan fingerprint density at radius 2 is 1.78 bits per heavy atom. The topological polar surface area (TPSA) is 16.4 Å². The lowest BCUT2D eigenvalue weighted by molar-refractivity contribution is -0.629. The van der Waals surface area contributed by atoms with E-state index in [1.54, 1.807) is 11.3 Å². The van der Waals surface area contributed by atoms with Gasteiger partial charge in [0.1, 0.15) is 17.5 Å². The lowest BCUT2D eigenvalue weighted by atomic mass is 10.2. The van der Waals surface area contributed by atoms with Crippen LogP contribution in [0.2, 0.25) is 0 Å². The van der Waals surface area contributed by atoms with Gasteiger partial charge >= 0.3 is 0 Å². The molecule has 3 aromatic rings. The molecule has 0 bridgehead atoms. The molecule has 3 rings (SSSR count). The minimum atomic E-state index is 0. The molecule has 0 fully saturated rings. The molecule has 3 nitrogen and oxygen atoms in total. The molecule has 23 heavy (non-hydrogen) atoms.